The minimum Gasteiger partial charge on any atom is -0.239 e. The van der Waals surface area contributed by atoms with Crippen molar-refractivity contribution in [2.45, 2.75) is 56.9 Å². The average Bonchev–Trinajstić information content (AvgIpc) is 2.57. The summed E-state index contributed by atoms with van der Waals surface area (Å²) in [5, 5.41) is 4.28. The van der Waals surface area contributed by atoms with Crippen molar-refractivity contribution in [3.63, 3.8) is 0 Å². The highest BCUT2D eigenvalue weighted by atomic mass is 32.2. The molecule has 0 radical (unpaired) electrons. The van der Waals surface area contributed by atoms with Crippen molar-refractivity contribution in [2.24, 2.45) is 5.14 Å². The number of primary sulfonamides is 1. The van der Waals surface area contributed by atoms with Crippen LogP contribution in [0.5, 0.6) is 0 Å². The molecule has 0 bridgehead atoms. The van der Waals surface area contributed by atoms with Gasteiger partial charge in [-0.1, -0.05) is 24.0 Å². The van der Waals surface area contributed by atoms with Crippen LogP contribution in [0.25, 0.3) is 0 Å². The first-order chi connectivity index (χ1) is 12.8. The molecule has 1 rings (SSSR count). The van der Waals surface area contributed by atoms with Gasteiger partial charge < -0.3 is 0 Å². The zero-order chi connectivity index (χ0) is 21.4. The molecule has 2 unspecified atom stereocenters. The van der Waals surface area contributed by atoms with E-state index in [0.717, 1.165) is 18.2 Å². The Kier molecular flexibility index (Phi) is 9.08. The van der Waals surface area contributed by atoms with Gasteiger partial charge in [0.25, 0.3) is 0 Å². The van der Waals surface area contributed by atoms with E-state index in [1.165, 1.54) is 13.8 Å². The summed E-state index contributed by atoms with van der Waals surface area (Å²) in [6, 6.07) is 6.77. The smallest absolute Gasteiger partial charge is 0.211 e. The van der Waals surface area contributed by atoms with Gasteiger partial charge >= 0.3 is 0 Å². The molecule has 158 valence electrons. The van der Waals surface area contributed by atoms with Crippen LogP contribution in [0.4, 0.5) is 4.39 Å². The highest BCUT2D eigenvalue weighted by Gasteiger charge is 2.28. The molecule has 0 saturated carbocycles. The van der Waals surface area contributed by atoms with Crippen LogP contribution in [-0.2, 0) is 25.7 Å². The second kappa shape index (κ2) is 10.3. The van der Waals surface area contributed by atoms with Crippen molar-refractivity contribution >= 4 is 20.0 Å². The van der Waals surface area contributed by atoms with Crippen LogP contribution in [0.15, 0.2) is 24.3 Å². The highest BCUT2D eigenvalue weighted by Crippen LogP contribution is 2.31. The van der Waals surface area contributed by atoms with Gasteiger partial charge in [-0.05, 0) is 57.2 Å². The topological polar surface area (TPSA) is 106 Å². The van der Waals surface area contributed by atoms with E-state index in [2.05, 4.69) is 16.6 Å². The lowest BCUT2D eigenvalue weighted by atomic mass is 9.91. The maximum Gasteiger partial charge on any atom is 0.211 e. The second-order valence-electron chi connectivity index (χ2n) is 7.14. The van der Waals surface area contributed by atoms with Crippen LogP contribution in [0.2, 0.25) is 0 Å². The Morgan fingerprint density at radius 3 is 2.32 bits per heavy atom. The third-order valence-corrected chi connectivity index (χ3v) is 6.48. The van der Waals surface area contributed by atoms with E-state index in [1.54, 1.807) is 24.3 Å². The summed E-state index contributed by atoms with van der Waals surface area (Å²) in [5.41, 5.74) is -0.435. The molecule has 0 amide bonds. The van der Waals surface area contributed by atoms with E-state index in [0.29, 0.717) is 24.9 Å². The molecule has 1 aromatic rings. The van der Waals surface area contributed by atoms with Crippen LogP contribution in [0.3, 0.4) is 0 Å². The Morgan fingerprint density at radius 1 is 1.18 bits per heavy atom. The van der Waals surface area contributed by atoms with E-state index >= 15 is 0 Å². The summed E-state index contributed by atoms with van der Waals surface area (Å²) in [7, 11) is -6.80. The number of rotatable bonds is 10. The van der Waals surface area contributed by atoms with Crippen molar-refractivity contribution in [3.8, 4) is 11.8 Å². The van der Waals surface area contributed by atoms with Gasteiger partial charge in [-0.2, -0.15) is 0 Å². The molecular formula is C19H29FN2O4S2. The minimum absolute atomic E-state index is 0.0527. The van der Waals surface area contributed by atoms with Crippen molar-refractivity contribution in [2.75, 3.05) is 12.8 Å². The van der Waals surface area contributed by atoms with Gasteiger partial charge in [-0.15, -0.1) is 0 Å². The molecule has 0 saturated heterocycles. The lowest BCUT2D eigenvalue weighted by Gasteiger charge is -2.22. The summed E-state index contributed by atoms with van der Waals surface area (Å²) in [6.45, 7) is 3.30. The number of hydrogen-bond acceptors (Lipinski definition) is 4. The molecule has 0 aliphatic heterocycles. The molecule has 0 heterocycles. The predicted molar refractivity (Wildman–Crippen MR) is 110 cm³/mol. The Bertz CT molecular complexity index is 899. The summed E-state index contributed by atoms with van der Waals surface area (Å²) >= 11 is 0. The van der Waals surface area contributed by atoms with Gasteiger partial charge in [0, 0.05) is 18.5 Å². The van der Waals surface area contributed by atoms with E-state index in [1.807, 2.05) is 0 Å². The van der Waals surface area contributed by atoms with Gasteiger partial charge in [0.2, 0.25) is 20.0 Å². The van der Waals surface area contributed by atoms with Crippen LogP contribution in [0, 0.1) is 11.8 Å². The highest BCUT2D eigenvalue weighted by molar-refractivity contribution is 7.89. The lowest BCUT2D eigenvalue weighted by molar-refractivity contribution is 0.173. The molecule has 2 atom stereocenters. The lowest BCUT2D eigenvalue weighted by Crippen LogP contribution is -2.28. The average molecular weight is 433 g/mol. The summed E-state index contributed by atoms with van der Waals surface area (Å²) < 4.78 is 61.7. The Balaban J connectivity index is 2.52. The minimum atomic E-state index is -3.66. The number of sulfonamides is 2. The number of alkyl halides is 1. The summed E-state index contributed by atoms with van der Waals surface area (Å²) in [6.07, 6.45) is 3.44. The number of unbranched alkanes of at least 4 members (excludes halogenated alkanes) is 2. The van der Waals surface area contributed by atoms with E-state index in [-0.39, 0.29) is 12.8 Å². The Labute approximate surface area is 168 Å². The molecule has 6 nitrogen and oxygen atoms in total. The fourth-order valence-electron chi connectivity index (χ4n) is 2.44. The standard InChI is InChI=1S/C19H29FN2O4S2/c1-16(28(21,25)26)13-14-19(2,20)18-11-9-17(10-12-18)8-6-4-5-7-15-22-27(3,23)24/h9-12,16,22H,4-5,7,13-15H2,1-3H3,(H2,21,25,26). The van der Waals surface area contributed by atoms with Crippen molar-refractivity contribution < 1.29 is 21.2 Å². The zero-order valence-electron chi connectivity index (χ0n) is 16.5. The monoisotopic (exact) mass is 432 g/mol. The first kappa shape index (κ1) is 24.6. The number of nitrogens with two attached hydrogens (primary N) is 1. The van der Waals surface area contributed by atoms with Gasteiger partial charge in [-0.3, -0.25) is 0 Å². The maximum atomic E-state index is 14.9. The normalized spacial score (nSPS) is 15.3. The van der Waals surface area contributed by atoms with Crippen molar-refractivity contribution in [1.29, 1.82) is 0 Å². The number of hydrogen-bond donors (Lipinski definition) is 2. The summed E-state index contributed by atoms with van der Waals surface area (Å²) in [4.78, 5) is 0. The van der Waals surface area contributed by atoms with E-state index in [4.69, 9.17) is 5.14 Å². The maximum absolute atomic E-state index is 14.9. The fraction of sp³-hybridized carbons (Fsp3) is 0.579. The molecular weight excluding hydrogens is 403 g/mol. The first-order valence-electron chi connectivity index (χ1n) is 9.06. The molecule has 9 heteroatoms. The molecule has 0 spiro atoms. The van der Waals surface area contributed by atoms with Gasteiger partial charge in [0.15, 0.2) is 0 Å². The number of nitrogens with one attached hydrogen (secondary N) is 1. The molecule has 0 aliphatic rings. The van der Waals surface area contributed by atoms with Crippen LogP contribution >= 0.6 is 0 Å². The second-order valence-corrected chi connectivity index (χ2v) is 11.0. The van der Waals surface area contributed by atoms with Crippen molar-refractivity contribution in [1.82, 2.24) is 4.72 Å². The SMILES string of the molecule is CC(CCC(C)(F)c1ccc(C#CCCCCNS(C)(=O)=O)cc1)S(N)(=O)=O. The van der Waals surface area contributed by atoms with Crippen molar-refractivity contribution in [3.05, 3.63) is 35.4 Å². The van der Waals surface area contributed by atoms with E-state index in [9.17, 15) is 21.2 Å². The number of halogens is 1. The largest absolute Gasteiger partial charge is 0.239 e. The van der Waals surface area contributed by atoms with Gasteiger partial charge in [0.1, 0.15) is 5.67 Å². The van der Waals surface area contributed by atoms with E-state index < -0.39 is 31.0 Å². The Hall–Kier alpha value is -1.47. The quantitative estimate of drug-likeness (QED) is 0.437. The molecule has 0 aromatic heterocycles. The number of benzene rings is 1. The molecule has 0 aliphatic carbocycles. The van der Waals surface area contributed by atoms with Crippen LogP contribution in [-0.4, -0.2) is 34.9 Å². The van der Waals surface area contributed by atoms with Gasteiger partial charge in [-0.25, -0.2) is 31.1 Å². The third kappa shape index (κ3) is 9.64. The predicted octanol–water partition coefficient (Wildman–Crippen LogP) is 2.40. The molecule has 1 aromatic carbocycles. The third-order valence-electron chi connectivity index (χ3n) is 4.39. The Morgan fingerprint density at radius 2 is 1.79 bits per heavy atom. The van der Waals surface area contributed by atoms with Crippen LogP contribution < -0.4 is 9.86 Å². The van der Waals surface area contributed by atoms with Gasteiger partial charge in [0.05, 0.1) is 11.5 Å². The van der Waals surface area contributed by atoms with Crippen LogP contribution in [0.1, 0.15) is 57.1 Å². The fourth-order valence-corrected chi connectivity index (χ4v) is 3.41. The molecule has 3 N–H and O–H groups in total. The first-order valence-corrected chi connectivity index (χ1v) is 12.6. The zero-order valence-corrected chi connectivity index (χ0v) is 18.2. The molecule has 28 heavy (non-hydrogen) atoms. The molecule has 0 fully saturated rings. The summed E-state index contributed by atoms with van der Waals surface area (Å²) in [5.74, 6) is 6.01.